The summed E-state index contributed by atoms with van der Waals surface area (Å²) in [6, 6.07) is 0. The zero-order valence-corrected chi connectivity index (χ0v) is 7.32. The second-order valence-electron chi connectivity index (χ2n) is 2.30. The zero-order valence-electron chi connectivity index (χ0n) is 6.50. The van der Waals surface area contributed by atoms with E-state index < -0.39 is 0 Å². The molecule has 1 amide bonds. The molecule has 1 rings (SSSR count). The summed E-state index contributed by atoms with van der Waals surface area (Å²) in [5.74, 6) is 0. The standard InChI is InChI=1S/C6H12N2O2.ClH/c1-10-6(9)7-8-4-2-3-5-8;/h2-5H2,1H3,(H,7,9);1H. The molecule has 0 atom stereocenters. The Kier molecular flexibility index (Phi) is 4.98. The van der Waals surface area contributed by atoms with Gasteiger partial charge in [0.05, 0.1) is 7.11 Å². The molecule has 1 aliphatic heterocycles. The fourth-order valence-corrected chi connectivity index (χ4v) is 1.00. The van der Waals surface area contributed by atoms with Gasteiger partial charge in [-0.15, -0.1) is 12.4 Å². The van der Waals surface area contributed by atoms with Gasteiger partial charge in [0.25, 0.3) is 0 Å². The highest BCUT2D eigenvalue weighted by Crippen LogP contribution is 2.03. The molecule has 11 heavy (non-hydrogen) atoms. The van der Waals surface area contributed by atoms with Crippen LogP contribution in [0.15, 0.2) is 0 Å². The molecule has 0 aromatic rings. The topological polar surface area (TPSA) is 41.6 Å². The Labute approximate surface area is 72.3 Å². The Balaban J connectivity index is 0.000001000. The number of hydrogen-bond acceptors (Lipinski definition) is 3. The molecule has 0 aromatic heterocycles. The van der Waals surface area contributed by atoms with E-state index in [1.54, 1.807) is 0 Å². The summed E-state index contributed by atoms with van der Waals surface area (Å²) in [6.45, 7) is 1.88. The van der Waals surface area contributed by atoms with E-state index in [4.69, 9.17) is 0 Å². The zero-order chi connectivity index (χ0) is 7.40. The lowest BCUT2D eigenvalue weighted by atomic mass is 10.4. The first kappa shape index (κ1) is 10.5. The fraction of sp³-hybridized carbons (Fsp3) is 0.833. The molecule has 0 spiro atoms. The molecule has 0 radical (unpaired) electrons. The van der Waals surface area contributed by atoms with Crippen LogP contribution in [0.5, 0.6) is 0 Å². The molecule has 5 heteroatoms. The van der Waals surface area contributed by atoms with E-state index in [1.165, 1.54) is 7.11 Å². The molecule has 66 valence electrons. The highest BCUT2D eigenvalue weighted by molar-refractivity contribution is 5.85. The maximum atomic E-state index is 10.6. The van der Waals surface area contributed by atoms with Crippen LogP contribution in [0.1, 0.15) is 12.8 Å². The van der Waals surface area contributed by atoms with Gasteiger partial charge in [-0.3, -0.25) is 5.43 Å². The van der Waals surface area contributed by atoms with Crippen molar-refractivity contribution in [3.05, 3.63) is 0 Å². The number of carbonyl (C=O) groups is 1. The van der Waals surface area contributed by atoms with Crippen molar-refractivity contribution in [3.63, 3.8) is 0 Å². The molecule has 0 aliphatic carbocycles. The molecule has 0 aromatic carbocycles. The Morgan fingerprint density at radius 1 is 1.45 bits per heavy atom. The summed E-state index contributed by atoms with van der Waals surface area (Å²) in [7, 11) is 1.37. The van der Waals surface area contributed by atoms with E-state index in [1.807, 2.05) is 5.01 Å². The predicted octanol–water partition coefficient (Wildman–Crippen LogP) is 0.775. The first-order valence-corrected chi connectivity index (χ1v) is 3.42. The monoisotopic (exact) mass is 180 g/mol. The van der Waals surface area contributed by atoms with Gasteiger partial charge in [0.2, 0.25) is 0 Å². The third-order valence-electron chi connectivity index (χ3n) is 1.54. The minimum atomic E-state index is -0.373. The SMILES string of the molecule is COC(=O)NN1CCCC1.Cl. The number of hydrogen-bond donors (Lipinski definition) is 1. The molecule has 1 fully saturated rings. The Hall–Kier alpha value is -0.480. The van der Waals surface area contributed by atoms with E-state index >= 15 is 0 Å². The van der Waals surface area contributed by atoms with Gasteiger partial charge in [0.15, 0.2) is 0 Å². The molecule has 1 N–H and O–H groups in total. The van der Waals surface area contributed by atoms with Gasteiger partial charge in [0.1, 0.15) is 0 Å². The van der Waals surface area contributed by atoms with Gasteiger partial charge in [-0.25, -0.2) is 9.80 Å². The molecule has 1 saturated heterocycles. The molecule has 1 heterocycles. The summed E-state index contributed by atoms with van der Waals surface area (Å²) in [5, 5.41) is 1.87. The van der Waals surface area contributed by atoms with Crippen molar-refractivity contribution in [2.45, 2.75) is 12.8 Å². The van der Waals surface area contributed by atoms with Crippen LogP contribution in [0.2, 0.25) is 0 Å². The van der Waals surface area contributed by atoms with E-state index in [2.05, 4.69) is 10.2 Å². The summed E-state index contributed by atoms with van der Waals surface area (Å²) in [6.07, 6.45) is 1.94. The molecule has 0 unspecified atom stereocenters. The van der Waals surface area contributed by atoms with Crippen LogP contribution in [-0.2, 0) is 4.74 Å². The summed E-state index contributed by atoms with van der Waals surface area (Å²) in [4.78, 5) is 10.6. The Morgan fingerprint density at radius 2 is 2.00 bits per heavy atom. The third-order valence-corrected chi connectivity index (χ3v) is 1.54. The van der Waals surface area contributed by atoms with Gasteiger partial charge in [-0.1, -0.05) is 0 Å². The maximum absolute atomic E-state index is 10.6. The van der Waals surface area contributed by atoms with Crippen molar-refractivity contribution in [1.29, 1.82) is 0 Å². The fourth-order valence-electron chi connectivity index (χ4n) is 1.00. The molecular weight excluding hydrogens is 168 g/mol. The van der Waals surface area contributed by atoms with Crippen LogP contribution >= 0.6 is 12.4 Å². The van der Waals surface area contributed by atoms with Crippen molar-refractivity contribution < 1.29 is 9.53 Å². The first-order valence-electron chi connectivity index (χ1n) is 3.42. The maximum Gasteiger partial charge on any atom is 0.421 e. The first-order chi connectivity index (χ1) is 4.83. The van der Waals surface area contributed by atoms with Crippen molar-refractivity contribution in [2.24, 2.45) is 0 Å². The average Bonchev–Trinajstić information content (AvgIpc) is 2.40. The highest BCUT2D eigenvalue weighted by Gasteiger charge is 2.13. The van der Waals surface area contributed by atoms with Crippen LogP contribution in [0.25, 0.3) is 0 Å². The van der Waals surface area contributed by atoms with Crippen molar-refractivity contribution in [3.8, 4) is 0 Å². The Bertz CT molecular complexity index is 126. The van der Waals surface area contributed by atoms with Crippen molar-refractivity contribution >= 4 is 18.5 Å². The minimum Gasteiger partial charge on any atom is -0.452 e. The number of hydrazine groups is 1. The lowest BCUT2D eigenvalue weighted by Crippen LogP contribution is -2.39. The van der Waals surface area contributed by atoms with E-state index in [9.17, 15) is 4.79 Å². The number of carbonyl (C=O) groups excluding carboxylic acids is 1. The normalized spacial score (nSPS) is 17.2. The minimum absolute atomic E-state index is 0. The number of ether oxygens (including phenoxy) is 1. The summed E-state index contributed by atoms with van der Waals surface area (Å²) < 4.78 is 4.42. The van der Waals surface area contributed by atoms with E-state index in [0.29, 0.717) is 0 Å². The van der Waals surface area contributed by atoms with Gasteiger partial charge < -0.3 is 4.74 Å². The van der Waals surface area contributed by atoms with Gasteiger partial charge in [-0.2, -0.15) is 0 Å². The van der Waals surface area contributed by atoms with Gasteiger partial charge in [-0.05, 0) is 12.8 Å². The van der Waals surface area contributed by atoms with Gasteiger partial charge >= 0.3 is 6.09 Å². The lowest BCUT2D eigenvalue weighted by molar-refractivity contribution is 0.134. The van der Waals surface area contributed by atoms with Crippen molar-refractivity contribution in [1.82, 2.24) is 10.4 Å². The molecule has 4 nitrogen and oxygen atoms in total. The smallest absolute Gasteiger partial charge is 0.421 e. The lowest BCUT2D eigenvalue weighted by Gasteiger charge is -2.14. The predicted molar refractivity (Wildman–Crippen MR) is 43.6 cm³/mol. The largest absolute Gasteiger partial charge is 0.452 e. The number of methoxy groups -OCH3 is 1. The van der Waals surface area contributed by atoms with Gasteiger partial charge in [0, 0.05) is 13.1 Å². The van der Waals surface area contributed by atoms with Crippen LogP contribution < -0.4 is 5.43 Å². The van der Waals surface area contributed by atoms with Crippen LogP contribution in [0.4, 0.5) is 4.79 Å². The number of amides is 1. The molecule has 0 bridgehead atoms. The molecule has 1 aliphatic rings. The van der Waals surface area contributed by atoms with E-state index in [-0.39, 0.29) is 18.5 Å². The molecular formula is C6H13ClN2O2. The average molecular weight is 181 g/mol. The number of halogens is 1. The second-order valence-corrected chi connectivity index (χ2v) is 2.30. The number of rotatable bonds is 1. The second kappa shape index (κ2) is 5.21. The number of nitrogens with one attached hydrogen (secondary N) is 1. The van der Waals surface area contributed by atoms with Crippen molar-refractivity contribution in [2.75, 3.05) is 20.2 Å². The third kappa shape index (κ3) is 3.43. The van der Waals surface area contributed by atoms with E-state index in [0.717, 1.165) is 25.9 Å². The Morgan fingerprint density at radius 3 is 2.45 bits per heavy atom. The number of nitrogens with zero attached hydrogens (tertiary/aromatic N) is 1. The van der Waals surface area contributed by atoms with Crippen LogP contribution in [0.3, 0.4) is 0 Å². The highest BCUT2D eigenvalue weighted by atomic mass is 35.5. The summed E-state index contributed by atoms with van der Waals surface area (Å²) >= 11 is 0. The quantitative estimate of drug-likeness (QED) is 0.649. The summed E-state index contributed by atoms with van der Waals surface area (Å²) in [5.41, 5.74) is 2.60. The van der Waals surface area contributed by atoms with Crippen LogP contribution in [0, 0.1) is 0 Å². The van der Waals surface area contributed by atoms with Crippen LogP contribution in [-0.4, -0.2) is 31.3 Å². The molecule has 0 saturated carbocycles.